The summed E-state index contributed by atoms with van der Waals surface area (Å²) in [5.41, 5.74) is 0. The first-order valence-electron chi connectivity index (χ1n) is 7.86. The van der Waals surface area contributed by atoms with Gasteiger partial charge in [0, 0.05) is 19.6 Å². The minimum Gasteiger partial charge on any atom is -0.491 e. The van der Waals surface area contributed by atoms with Gasteiger partial charge in [-0.15, -0.1) is 0 Å². The predicted molar refractivity (Wildman–Crippen MR) is 99.8 cm³/mol. The average molecular weight is 354 g/mol. The van der Waals surface area contributed by atoms with Crippen LogP contribution in [0.2, 0.25) is 0 Å². The van der Waals surface area contributed by atoms with E-state index < -0.39 is 10.9 Å². The Kier molecular flexibility index (Phi) is 4.52. The highest BCUT2D eigenvalue weighted by atomic mass is 32.2. The Morgan fingerprint density at radius 2 is 1.38 bits per heavy atom. The van der Waals surface area contributed by atoms with Gasteiger partial charge in [0.25, 0.3) is 0 Å². The summed E-state index contributed by atoms with van der Waals surface area (Å²) in [5.74, 6) is 0.802. The van der Waals surface area contributed by atoms with E-state index in [0.717, 1.165) is 5.75 Å². The fourth-order valence-electron chi connectivity index (χ4n) is 2.84. The molecule has 0 radical (unpaired) electrons. The van der Waals surface area contributed by atoms with E-state index in [4.69, 9.17) is 9.84 Å². The van der Waals surface area contributed by atoms with E-state index in [1.165, 1.54) is 24.5 Å². The summed E-state index contributed by atoms with van der Waals surface area (Å²) in [6.07, 6.45) is 0. The van der Waals surface area contributed by atoms with Gasteiger partial charge < -0.3 is 9.84 Å². The molecule has 0 aromatic heterocycles. The fraction of sp³-hybridized carbons (Fsp3) is 0.100. The van der Waals surface area contributed by atoms with Crippen LogP contribution in [0.1, 0.15) is 0 Å². The molecular weight excluding hydrogens is 336 g/mol. The maximum atomic E-state index is 8.88. The van der Waals surface area contributed by atoms with Gasteiger partial charge in [0.1, 0.15) is 12.4 Å². The van der Waals surface area contributed by atoms with Crippen molar-refractivity contribution in [2.75, 3.05) is 13.2 Å². The van der Waals surface area contributed by atoms with Gasteiger partial charge in [-0.1, -0.05) is 36.0 Å². The zero-order valence-corrected chi connectivity index (χ0v) is 14.8. The quantitative estimate of drug-likeness (QED) is 0.505. The number of hydrogen-bond acceptors (Lipinski definition) is 3. The van der Waals surface area contributed by atoms with Crippen LogP contribution in [-0.2, 0) is 0 Å². The molecule has 0 aliphatic carbocycles. The van der Waals surface area contributed by atoms with Crippen LogP contribution in [0.5, 0.6) is 5.75 Å². The molecule has 3 aromatic rings. The molecule has 4 rings (SSSR count). The summed E-state index contributed by atoms with van der Waals surface area (Å²) >= 11 is 1.86. The van der Waals surface area contributed by atoms with Gasteiger partial charge in [0.2, 0.25) is 0 Å². The van der Waals surface area contributed by atoms with Crippen molar-refractivity contribution in [3.05, 3.63) is 72.8 Å². The molecule has 0 saturated carbocycles. The highest BCUT2D eigenvalue weighted by Crippen LogP contribution is 2.61. The van der Waals surface area contributed by atoms with Gasteiger partial charge in [-0.2, -0.15) is 10.9 Å². The summed E-state index contributed by atoms with van der Waals surface area (Å²) in [5, 5.41) is 8.88. The Bertz CT molecular complexity index is 801. The van der Waals surface area contributed by atoms with Gasteiger partial charge in [0.05, 0.1) is 6.61 Å². The second-order valence-corrected chi connectivity index (χ2v) is 8.67. The summed E-state index contributed by atoms with van der Waals surface area (Å²) in [7, 11) is -0.550. The normalized spacial score (nSPS) is 14.0. The first-order chi connectivity index (χ1) is 11.9. The number of hydrogen-bond donors (Lipinski definition) is 2. The lowest BCUT2D eigenvalue weighted by Gasteiger charge is -2.31. The number of aliphatic hydroxyl groups excluding tert-OH is 1. The molecule has 1 aliphatic heterocycles. The summed E-state index contributed by atoms with van der Waals surface area (Å²) in [6.45, 7) is 0.364. The molecule has 122 valence electrons. The lowest BCUT2D eigenvalue weighted by molar-refractivity contribution is 0.201. The molecule has 0 saturated heterocycles. The van der Waals surface area contributed by atoms with Crippen LogP contribution in [0.25, 0.3) is 0 Å². The number of rotatable bonds is 4. The van der Waals surface area contributed by atoms with Crippen molar-refractivity contribution >= 4 is 22.7 Å². The van der Waals surface area contributed by atoms with Crippen molar-refractivity contribution in [3.8, 4) is 5.75 Å². The molecule has 1 aliphatic rings. The van der Waals surface area contributed by atoms with E-state index in [2.05, 4.69) is 60.7 Å². The van der Waals surface area contributed by atoms with E-state index in [1.807, 2.05) is 23.9 Å². The van der Waals surface area contributed by atoms with Gasteiger partial charge in [0.15, 0.2) is 0 Å². The van der Waals surface area contributed by atoms with Crippen molar-refractivity contribution in [2.24, 2.45) is 0 Å². The van der Waals surface area contributed by atoms with Crippen LogP contribution in [0.15, 0.2) is 97.3 Å². The van der Waals surface area contributed by atoms with Crippen LogP contribution in [0, 0.1) is 0 Å². The third-order valence-electron chi connectivity index (χ3n) is 3.89. The minimum absolute atomic E-state index is 0.0342. The first kappa shape index (κ1) is 15.6. The van der Waals surface area contributed by atoms with Crippen molar-refractivity contribution in [3.63, 3.8) is 0 Å². The van der Waals surface area contributed by atoms with E-state index in [9.17, 15) is 0 Å². The molecule has 0 amide bonds. The highest BCUT2D eigenvalue weighted by molar-refractivity contribution is 8.18. The summed E-state index contributed by atoms with van der Waals surface area (Å²) in [6, 6.07) is 25.7. The SMILES string of the molecule is OCCOc1ccc([SH]2c3ccccc3Sc3ccccc32)cc1. The van der Waals surface area contributed by atoms with Gasteiger partial charge in [-0.3, -0.25) is 0 Å². The second kappa shape index (κ2) is 6.93. The summed E-state index contributed by atoms with van der Waals surface area (Å²) < 4.78 is 5.49. The molecule has 0 fully saturated rings. The lowest BCUT2D eigenvalue weighted by atomic mass is 10.3. The van der Waals surface area contributed by atoms with Crippen LogP contribution < -0.4 is 4.74 Å². The van der Waals surface area contributed by atoms with Crippen LogP contribution in [-0.4, -0.2) is 18.3 Å². The fourth-order valence-corrected chi connectivity index (χ4v) is 6.86. The second-order valence-electron chi connectivity index (χ2n) is 5.44. The molecule has 0 bridgehead atoms. The molecule has 3 aromatic carbocycles. The molecule has 24 heavy (non-hydrogen) atoms. The van der Waals surface area contributed by atoms with E-state index >= 15 is 0 Å². The maximum Gasteiger partial charge on any atom is 0.119 e. The Morgan fingerprint density at radius 3 is 1.96 bits per heavy atom. The Balaban J connectivity index is 1.77. The molecule has 1 heterocycles. The number of aliphatic hydroxyl groups is 1. The molecule has 0 spiro atoms. The first-order valence-corrected chi connectivity index (χ1v) is 10.0. The molecule has 0 atom stereocenters. The predicted octanol–water partition coefficient (Wildman–Crippen LogP) is 5.00. The Hall–Kier alpha value is -1.88. The van der Waals surface area contributed by atoms with E-state index in [0.29, 0.717) is 6.61 Å². The van der Waals surface area contributed by atoms with Crippen molar-refractivity contribution in [2.45, 2.75) is 24.5 Å². The molecule has 1 N–H and O–H groups in total. The van der Waals surface area contributed by atoms with Crippen molar-refractivity contribution in [1.82, 2.24) is 0 Å². The highest BCUT2D eigenvalue weighted by Gasteiger charge is 2.24. The summed E-state index contributed by atoms with van der Waals surface area (Å²) in [4.78, 5) is 6.85. The van der Waals surface area contributed by atoms with Crippen molar-refractivity contribution < 1.29 is 9.84 Å². The Morgan fingerprint density at radius 1 is 0.792 bits per heavy atom. The van der Waals surface area contributed by atoms with E-state index in [-0.39, 0.29) is 6.61 Å². The van der Waals surface area contributed by atoms with Crippen molar-refractivity contribution in [1.29, 1.82) is 0 Å². The third kappa shape index (κ3) is 2.93. The molecule has 2 nitrogen and oxygen atoms in total. The van der Waals surface area contributed by atoms with Gasteiger partial charge in [-0.25, -0.2) is 0 Å². The standard InChI is InChI=1S/C20H18O2S2/c21-13-14-22-15-9-11-16(12-10-15)24-19-7-3-1-5-17(19)23-18-6-2-4-8-20(18)24/h1-12,21,24H,13-14H2. The number of thiol groups is 1. The smallest absolute Gasteiger partial charge is 0.119 e. The topological polar surface area (TPSA) is 29.5 Å². The Labute approximate surface area is 148 Å². The zero-order chi connectivity index (χ0) is 16.4. The van der Waals surface area contributed by atoms with Gasteiger partial charge in [-0.05, 0) is 53.4 Å². The molecule has 0 unspecified atom stereocenters. The molecule has 4 heteroatoms. The average Bonchev–Trinajstić information content (AvgIpc) is 2.65. The maximum absolute atomic E-state index is 8.88. The lowest BCUT2D eigenvalue weighted by Crippen LogP contribution is -2.01. The van der Waals surface area contributed by atoms with Crippen LogP contribution in [0.3, 0.4) is 0 Å². The number of ether oxygens (including phenoxy) is 1. The van der Waals surface area contributed by atoms with Crippen LogP contribution in [0.4, 0.5) is 0 Å². The zero-order valence-electron chi connectivity index (χ0n) is 13.1. The largest absolute Gasteiger partial charge is 0.491 e. The monoisotopic (exact) mass is 354 g/mol. The van der Waals surface area contributed by atoms with Gasteiger partial charge >= 0.3 is 0 Å². The van der Waals surface area contributed by atoms with E-state index in [1.54, 1.807) is 0 Å². The number of benzene rings is 3. The number of fused-ring (bicyclic) bond motifs is 2. The third-order valence-corrected chi connectivity index (χ3v) is 7.90. The van der Waals surface area contributed by atoms with Crippen LogP contribution >= 0.6 is 22.7 Å². The minimum atomic E-state index is -0.550. The molecular formula is C20H18O2S2.